The standard InChI is InChI=1S/B2H2N2/c1-2-4-3/h3H2. The third kappa shape index (κ3) is 1.73. The molecule has 0 saturated heterocycles. The average Bonchev–Trinajstić information content (AvgIpc) is 1.37. The zero-order valence-electron chi connectivity index (χ0n) is 2.18. The van der Waals surface area contributed by atoms with Gasteiger partial charge in [-0.15, -0.1) is 0 Å². The van der Waals surface area contributed by atoms with Crippen LogP contribution in [0.15, 0.2) is 5.00 Å². The van der Waals surface area contributed by atoms with E-state index in [1.807, 2.05) is 0 Å². The molecule has 0 heterocycles. The molecule has 0 aliphatic rings. The van der Waals surface area contributed by atoms with Crippen molar-refractivity contribution in [3.8, 4) is 0 Å². The summed E-state index contributed by atoms with van der Waals surface area (Å²) in [5.74, 6) is 4.47. The topological polar surface area (TPSA) is 38.4 Å². The molecular weight excluding hydrogens is 49.6 g/mol. The number of rotatable bonds is 0. The summed E-state index contributed by atoms with van der Waals surface area (Å²) in [5, 5.41) is 2.89. The molecule has 0 unspecified atom stereocenters. The van der Waals surface area contributed by atoms with Crippen LogP contribution in [0.1, 0.15) is 0 Å². The van der Waals surface area contributed by atoms with Crippen molar-refractivity contribution in [2.24, 2.45) is 10.8 Å². The van der Waals surface area contributed by atoms with E-state index in [9.17, 15) is 0 Å². The van der Waals surface area contributed by atoms with Crippen LogP contribution in [0.25, 0.3) is 0 Å². The zero-order chi connectivity index (χ0) is 3.41. The molecule has 2 nitrogen and oxygen atoms in total. The van der Waals surface area contributed by atoms with Gasteiger partial charge in [-0.3, -0.25) is 0 Å². The molecule has 4 heteroatoms. The quantitative estimate of drug-likeness (QED) is 0.210. The fourth-order valence-corrected chi connectivity index (χ4v) is 0. The van der Waals surface area contributed by atoms with E-state index in [1.165, 1.54) is 0 Å². The third-order valence-electron chi connectivity index (χ3n) is 0.0861. The maximum absolute atomic E-state index is 4.61. The van der Waals surface area contributed by atoms with Gasteiger partial charge in [-0.05, 0) is 0 Å². The van der Waals surface area contributed by atoms with E-state index >= 15 is 0 Å². The van der Waals surface area contributed by atoms with Gasteiger partial charge in [0.1, 0.15) is 0 Å². The van der Waals surface area contributed by atoms with Crippen molar-refractivity contribution in [3.05, 3.63) is 0 Å². The van der Waals surface area contributed by atoms with E-state index in [2.05, 4.69) is 18.6 Å². The minimum atomic E-state index is 1.03. The van der Waals surface area contributed by atoms with Gasteiger partial charge in [0, 0.05) is 0 Å². The monoisotopic (exact) mass is 52.0 g/mol. The summed E-state index contributed by atoms with van der Waals surface area (Å²) in [6.07, 6.45) is 0. The molecule has 2 N–H and O–H groups in total. The van der Waals surface area contributed by atoms with Crippen molar-refractivity contribution in [2.45, 2.75) is 0 Å². The second-order valence-electron chi connectivity index (χ2n) is 0.298. The van der Waals surface area contributed by atoms with Crippen molar-refractivity contribution in [3.63, 3.8) is 0 Å². The molecule has 0 bridgehead atoms. The predicted molar refractivity (Wildman–Crippen MR) is 18.1 cm³/mol. The second kappa shape index (κ2) is 2.73. The molecule has 0 aromatic heterocycles. The van der Waals surface area contributed by atoms with Gasteiger partial charge in [-0.2, -0.15) is 0 Å². The van der Waals surface area contributed by atoms with Gasteiger partial charge in [0.25, 0.3) is 0 Å². The molecule has 0 amide bonds. The van der Waals surface area contributed by atoms with Crippen LogP contribution in [-0.4, -0.2) is 14.7 Å². The van der Waals surface area contributed by atoms with Crippen molar-refractivity contribution in [2.75, 3.05) is 0 Å². The first-order valence-electron chi connectivity index (χ1n) is 0.850. The normalized spacial score (nSPS) is 7.00. The van der Waals surface area contributed by atoms with Crippen LogP contribution < -0.4 is 5.84 Å². The molecule has 0 atom stereocenters. The van der Waals surface area contributed by atoms with Crippen LogP contribution in [0.3, 0.4) is 0 Å². The Morgan fingerprint density at radius 2 is 2.25 bits per heavy atom. The van der Waals surface area contributed by atoms with Gasteiger partial charge in [0.2, 0.25) is 0 Å². The van der Waals surface area contributed by atoms with Crippen molar-refractivity contribution >= 4 is 14.7 Å². The fraction of sp³-hybridized carbons (Fsp3) is 0. The first-order chi connectivity index (χ1) is 1.91. The maximum atomic E-state index is 4.61. The summed E-state index contributed by atoms with van der Waals surface area (Å²) >= 11 is 0. The third-order valence-corrected chi connectivity index (χ3v) is 0.0861. The molecule has 2 radical (unpaired) electrons. The number of nitrogens with two attached hydrogens (primary N) is 1. The van der Waals surface area contributed by atoms with Gasteiger partial charge in [0.05, 0.1) is 0 Å². The Hall–Kier alpha value is -0.270. The van der Waals surface area contributed by atoms with Crippen molar-refractivity contribution < 1.29 is 0 Å². The van der Waals surface area contributed by atoms with Gasteiger partial charge >= 0.3 is 25.5 Å². The van der Waals surface area contributed by atoms with E-state index in [-0.39, 0.29) is 0 Å². The Kier molecular flexibility index (Phi) is 2.55. The number of hydrogen-bond acceptors (Lipinski definition) is 2. The molecule has 0 rings (SSSR count). The van der Waals surface area contributed by atoms with E-state index in [0.29, 0.717) is 0 Å². The van der Waals surface area contributed by atoms with Gasteiger partial charge < -0.3 is 0 Å². The first-order valence-corrected chi connectivity index (χ1v) is 0.850. The van der Waals surface area contributed by atoms with Crippen LogP contribution in [-0.2, 0) is 0 Å². The molecule has 18 valence electrons. The molecule has 4 heavy (non-hydrogen) atoms. The van der Waals surface area contributed by atoms with Crippen LogP contribution in [0, 0.1) is 0 Å². The zero-order valence-corrected chi connectivity index (χ0v) is 2.18. The fourth-order valence-electron chi connectivity index (χ4n) is 0. The summed E-state index contributed by atoms with van der Waals surface area (Å²) in [7, 11) is 4.61. The van der Waals surface area contributed by atoms with Gasteiger partial charge in [-0.25, -0.2) is 0 Å². The molecule has 0 aliphatic heterocycles. The molecule has 0 aromatic carbocycles. The van der Waals surface area contributed by atoms with Crippen molar-refractivity contribution in [1.29, 1.82) is 0 Å². The second-order valence-corrected chi connectivity index (χ2v) is 0.298. The van der Waals surface area contributed by atoms with Crippen LogP contribution >= 0.6 is 0 Å². The Morgan fingerprint density at radius 1 is 2.00 bits per heavy atom. The number of nitrogens with zero attached hydrogens (tertiary/aromatic N) is 1. The Labute approximate surface area is 26.7 Å². The molecule has 0 aliphatic carbocycles. The molecule has 0 spiro atoms. The van der Waals surface area contributed by atoms with E-state index in [1.54, 1.807) is 0 Å². The van der Waals surface area contributed by atoms with Gasteiger partial charge in [-0.1, -0.05) is 0 Å². The summed E-state index contributed by atoms with van der Waals surface area (Å²) in [4.78, 5) is 0. The predicted octanol–water partition coefficient (Wildman–Crippen LogP) is -1.17. The summed E-state index contributed by atoms with van der Waals surface area (Å²) in [5.41, 5.74) is 0. The van der Waals surface area contributed by atoms with Crippen LogP contribution in [0.5, 0.6) is 0 Å². The van der Waals surface area contributed by atoms with E-state index in [0.717, 1.165) is 6.96 Å². The van der Waals surface area contributed by atoms with E-state index in [4.69, 9.17) is 0 Å². The summed E-state index contributed by atoms with van der Waals surface area (Å²) in [6, 6.07) is 0. The SMILES string of the molecule is [B]B=NN. The van der Waals surface area contributed by atoms with E-state index < -0.39 is 0 Å². The summed E-state index contributed by atoms with van der Waals surface area (Å²) in [6.45, 7) is 1.03. The number of hydrogen-bond donors (Lipinski definition) is 1. The molecule has 0 aromatic rings. The molecular formula is H2B2N2. The minimum absolute atomic E-state index is 1.03. The Balaban J connectivity index is 2.55. The molecule has 0 saturated carbocycles. The Morgan fingerprint density at radius 3 is 2.25 bits per heavy atom. The summed E-state index contributed by atoms with van der Waals surface area (Å²) < 4.78 is 0. The van der Waals surface area contributed by atoms with Crippen LogP contribution in [0.4, 0.5) is 0 Å². The molecule has 0 fully saturated rings. The van der Waals surface area contributed by atoms with Crippen molar-refractivity contribution in [1.82, 2.24) is 0 Å². The Bertz CT molecular complexity index is 19.2. The average molecular weight is 51.7 g/mol. The first kappa shape index (κ1) is 3.73. The van der Waals surface area contributed by atoms with Crippen LogP contribution in [0.2, 0.25) is 0 Å². The van der Waals surface area contributed by atoms with Gasteiger partial charge in [0.15, 0.2) is 0 Å².